The highest BCUT2D eigenvalue weighted by atomic mass is 16.4. The minimum Gasteiger partial charge on any atom is -0.481 e. The number of hydrogen-bond donors (Lipinski definition) is 3. The molecule has 0 aliphatic heterocycles. The number of rotatable bonds is 4. The number of nitrogens with one attached hydrogen (secondary N) is 1. The number of fused-ring (bicyclic) bond motifs is 1. The number of carboxylic acid groups (broad SMARTS) is 2. The number of carbonyl (C=O) groups is 2. The van der Waals surface area contributed by atoms with Gasteiger partial charge in [-0.15, -0.1) is 0 Å². The van der Waals surface area contributed by atoms with Gasteiger partial charge < -0.3 is 15.2 Å². The van der Waals surface area contributed by atoms with Gasteiger partial charge in [-0.05, 0) is 17.2 Å². The van der Waals surface area contributed by atoms with E-state index in [0.29, 0.717) is 22.2 Å². The number of nitrogens with zero attached hydrogens (tertiary/aromatic N) is 1. The van der Waals surface area contributed by atoms with Crippen LogP contribution in [0.25, 0.3) is 11.0 Å². The fourth-order valence-corrected chi connectivity index (χ4v) is 1.68. The summed E-state index contributed by atoms with van der Waals surface area (Å²) in [4.78, 5) is 28.1. The number of aliphatic carboxylic acids is 2. The second kappa shape index (κ2) is 4.25. The maximum atomic E-state index is 10.6. The van der Waals surface area contributed by atoms with E-state index in [1.807, 2.05) is 0 Å². The predicted octanol–water partition coefficient (Wildman–Crippen LogP) is 0.817. The summed E-state index contributed by atoms with van der Waals surface area (Å²) in [5.41, 5.74) is 1.72. The Bertz CT molecular complexity index is 588. The molecule has 2 rings (SSSR count). The molecule has 0 aliphatic carbocycles. The van der Waals surface area contributed by atoms with Crippen molar-refractivity contribution in [3.05, 3.63) is 29.6 Å². The molecular formula is C11H10N2O4. The zero-order chi connectivity index (χ0) is 12.4. The highest BCUT2D eigenvalue weighted by Gasteiger charge is 2.10. The van der Waals surface area contributed by atoms with Crippen molar-refractivity contribution in [2.75, 3.05) is 0 Å². The molecule has 88 valence electrons. The molecule has 0 unspecified atom stereocenters. The number of aromatic amines is 1. The average Bonchev–Trinajstić information content (AvgIpc) is 2.59. The summed E-state index contributed by atoms with van der Waals surface area (Å²) in [6.07, 6.45) is 2.81. The van der Waals surface area contributed by atoms with Gasteiger partial charge in [0.2, 0.25) is 0 Å². The molecule has 0 fully saturated rings. The molecular weight excluding hydrogens is 224 g/mol. The average molecular weight is 234 g/mol. The molecule has 6 heteroatoms. The van der Waals surface area contributed by atoms with Crippen molar-refractivity contribution < 1.29 is 19.8 Å². The monoisotopic (exact) mass is 234 g/mol. The van der Waals surface area contributed by atoms with Gasteiger partial charge in [0.25, 0.3) is 0 Å². The Morgan fingerprint density at radius 3 is 2.59 bits per heavy atom. The normalized spacial score (nSPS) is 10.6. The number of aromatic nitrogens is 2. The molecule has 0 aliphatic rings. The van der Waals surface area contributed by atoms with Crippen LogP contribution in [0.1, 0.15) is 11.1 Å². The molecule has 2 heterocycles. The van der Waals surface area contributed by atoms with Crippen LogP contribution < -0.4 is 0 Å². The van der Waals surface area contributed by atoms with Gasteiger partial charge >= 0.3 is 11.9 Å². The smallest absolute Gasteiger partial charge is 0.307 e. The summed E-state index contributed by atoms with van der Waals surface area (Å²) in [7, 11) is 0. The number of H-pyrrole nitrogens is 1. The third kappa shape index (κ3) is 2.41. The molecule has 0 aromatic carbocycles. The molecule has 2 aromatic rings. The highest BCUT2D eigenvalue weighted by Crippen LogP contribution is 2.18. The van der Waals surface area contributed by atoms with Crippen molar-refractivity contribution in [1.82, 2.24) is 9.97 Å². The third-order valence-electron chi connectivity index (χ3n) is 2.37. The molecule has 0 saturated carbocycles. The van der Waals surface area contributed by atoms with E-state index in [1.54, 1.807) is 12.3 Å². The molecule has 0 radical (unpaired) electrons. The van der Waals surface area contributed by atoms with Gasteiger partial charge in [-0.25, -0.2) is 4.98 Å². The van der Waals surface area contributed by atoms with Crippen LogP contribution in [0, 0.1) is 0 Å². The van der Waals surface area contributed by atoms with Gasteiger partial charge in [-0.3, -0.25) is 9.59 Å². The summed E-state index contributed by atoms with van der Waals surface area (Å²) < 4.78 is 0. The summed E-state index contributed by atoms with van der Waals surface area (Å²) in [5.74, 6) is -1.88. The maximum absolute atomic E-state index is 10.6. The first-order valence-electron chi connectivity index (χ1n) is 4.94. The number of carboxylic acids is 2. The molecule has 2 aromatic heterocycles. The largest absolute Gasteiger partial charge is 0.481 e. The number of pyridine rings is 1. The van der Waals surface area contributed by atoms with E-state index >= 15 is 0 Å². The van der Waals surface area contributed by atoms with Crippen LogP contribution >= 0.6 is 0 Å². The van der Waals surface area contributed by atoms with Crippen LogP contribution in [0.5, 0.6) is 0 Å². The van der Waals surface area contributed by atoms with Crippen molar-refractivity contribution in [1.29, 1.82) is 0 Å². The summed E-state index contributed by atoms with van der Waals surface area (Å²) >= 11 is 0. The van der Waals surface area contributed by atoms with E-state index in [0.717, 1.165) is 0 Å². The van der Waals surface area contributed by atoms with Crippen LogP contribution in [0.4, 0.5) is 0 Å². The van der Waals surface area contributed by atoms with Crippen molar-refractivity contribution in [2.24, 2.45) is 0 Å². The lowest BCUT2D eigenvalue weighted by Crippen LogP contribution is -2.01. The van der Waals surface area contributed by atoms with E-state index < -0.39 is 11.9 Å². The second-order valence-electron chi connectivity index (χ2n) is 3.69. The Kier molecular flexibility index (Phi) is 2.78. The second-order valence-corrected chi connectivity index (χ2v) is 3.69. The van der Waals surface area contributed by atoms with E-state index in [-0.39, 0.29) is 12.8 Å². The minimum atomic E-state index is -0.943. The van der Waals surface area contributed by atoms with Gasteiger partial charge in [0.15, 0.2) is 0 Å². The Morgan fingerprint density at radius 2 is 1.94 bits per heavy atom. The SMILES string of the molecule is O=C(O)Cc1cnc2[nH]cc(CC(=O)O)c2c1. The van der Waals surface area contributed by atoms with Crippen molar-refractivity contribution in [2.45, 2.75) is 12.8 Å². The topological polar surface area (TPSA) is 103 Å². The fraction of sp³-hybridized carbons (Fsp3) is 0.182. The van der Waals surface area contributed by atoms with Gasteiger partial charge in [0.05, 0.1) is 12.8 Å². The summed E-state index contributed by atoms with van der Waals surface area (Å²) in [6, 6.07) is 1.66. The quantitative estimate of drug-likeness (QED) is 0.726. The molecule has 3 N–H and O–H groups in total. The van der Waals surface area contributed by atoms with Gasteiger partial charge in [0.1, 0.15) is 5.65 Å². The van der Waals surface area contributed by atoms with Gasteiger partial charge in [-0.2, -0.15) is 0 Å². The van der Waals surface area contributed by atoms with E-state index in [4.69, 9.17) is 10.2 Å². The lowest BCUT2D eigenvalue weighted by atomic mass is 10.1. The first-order chi connectivity index (χ1) is 8.06. The number of hydrogen-bond acceptors (Lipinski definition) is 3. The van der Waals surface area contributed by atoms with Crippen molar-refractivity contribution >= 4 is 23.0 Å². The molecule has 0 saturated heterocycles. The van der Waals surface area contributed by atoms with Crippen molar-refractivity contribution in [3.8, 4) is 0 Å². The lowest BCUT2D eigenvalue weighted by Gasteiger charge is -1.98. The Hall–Kier alpha value is -2.37. The Labute approximate surface area is 95.9 Å². The Balaban J connectivity index is 2.42. The molecule has 17 heavy (non-hydrogen) atoms. The fourth-order valence-electron chi connectivity index (χ4n) is 1.68. The lowest BCUT2D eigenvalue weighted by molar-refractivity contribution is -0.137. The predicted molar refractivity (Wildman–Crippen MR) is 58.8 cm³/mol. The maximum Gasteiger partial charge on any atom is 0.307 e. The first kappa shape index (κ1) is 11.1. The molecule has 6 nitrogen and oxygen atoms in total. The van der Waals surface area contributed by atoms with Gasteiger partial charge in [-0.1, -0.05) is 0 Å². The molecule has 0 amide bonds. The molecule has 0 bridgehead atoms. The summed E-state index contributed by atoms with van der Waals surface area (Å²) in [6.45, 7) is 0. The van der Waals surface area contributed by atoms with Crippen LogP contribution in [0.2, 0.25) is 0 Å². The zero-order valence-corrected chi connectivity index (χ0v) is 8.80. The van der Waals surface area contributed by atoms with Crippen LogP contribution in [0.15, 0.2) is 18.5 Å². The van der Waals surface area contributed by atoms with Crippen LogP contribution in [-0.4, -0.2) is 32.1 Å². The zero-order valence-electron chi connectivity index (χ0n) is 8.80. The van der Waals surface area contributed by atoms with Crippen LogP contribution in [-0.2, 0) is 22.4 Å². The van der Waals surface area contributed by atoms with Crippen LogP contribution in [0.3, 0.4) is 0 Å². The van der Waals surface area contributed by atoms with E-state index in [9.17, 15) is 9.59 Å². The minimum absolute atomic E-state index is 0.113. The van der Waals surface area contributed by atoms with Gasteiger partial charge in [0, 0.05) is 17.8 Å². The van der Waals surface area contributed by atoms with Crippen molar-refractivity contribution in [3.63, 3.8) is 0 Å². The Morgan fingerprint density at radius 1 is 1.24 bits per heavy atom. The molecule has 0 spiro atoms. The third-order valence-corrected chi connectivity index (χ3v) is 2.37. The standard InChI is InChI=1S/C11H10N2O4/c14-9(15)2-6-1-8-7(3-10(16)17)5-13-11(8)12-4-6/h1,4-5H,2-3H2,(H,12,13)(H,14,15)(H,16,17). The summed E-state index contributed by atoms with van der Waals surface area (Å²) in [5, 5.41) is 18.1. The first-order valence-corrected chi connectivity index (χ1v) is 4.94. The highest BCUT2D eigenvalue weighted by molar-refractivity contribution is 5.85. The van der Waals surface area contributed by atoms with E-state index in [2.05, 4.69) is 9.97 Å². The van der Waals surface area contributed by atoms with E-state index in [1.165, 1.54) is 6.20 Å². The molecule has 0 atom stereocenters.